The summed E-state index contributed by atoms with van der Waals surface area (Å²) in [6, 6.07) is 7.72. The molecule has 4 N–H and O–H groups in total. The van der Waals surface area contributed by atoms with Crippen LogP contribution < -0.4 is 21.1 Å². The first-order chi connectivity index (χ1) is 15.1. The normalized spacial score (nSPS) is 18.4. The van der Waals surface area contributed by atoms with Crippen LogP contribution in [0.4, 0.5) is 11.6 Å². The maximum atomic E-state index is 13.1. The Morgan fingerprint density at radius 3 is 3.00 bits per heavy atom. The van der Waals surface area contributed by atoms with E-state index in [4.69, 9.17) is 10.5 Å². The zero-order valence-corrected chi connectivity index (χ0v) is 17.8. The van der Waals surface area contributed by atoms with Crippen molar-refractivity contribution in [1.82, 2.24) is 15.0 Å². The van der Waals surface area contributed by atoms with Crippen molar-refractivity contribution in [3.63, 3.8) is 0 Å². The number of hydrogen-bond donors (Lipinski definition) is 3. The van der Waals surface area contributed by atoms with Crippen molar-refractivity contribution in [2.45, 2.75) is 31.3 Å². The number of methoxy groups -OCH3 is 1. The highest BCUT2D eigenvalue weighted by molar-refractivity contribution is 7.17. The maximum absolute atomic E-state index is 13.1. The third-order valence-corrected chi connectivity index (χ3v) is 6.52. The van der Waals surface area contributed by atoms with Gasteiger partial charge in [0.25, 0.3) is 5.91 Å². The number of hydrogen-bond acceptors (Lipinski definition) is 8. The van der Waals surface area contributed by atoms with Crippen molar-refractivity contribution in [2.75, 3.05) is 17.7 Å². The smallest absolute Gasteiger partial charge is 0.258 e. The van der Waals surface area contributed by atoms with Gasteiger partial charge in [-0.1, -0.05) is 6.07 Å². The lowest BCUT2D eigenvalue weighted by molar-refractivity contribution is 0.102. The molecule has 1 aromatic carbocycles. The van der Waals surface area contributed by atoms with Crippen LogP contribution in [0.15, 0.2) is 42.0 Å². The molecule has 31 heavy (non-hydrogen) atoms. The first kappa shape index (κ1) is 19.7. The maximum Gasteiger partial charge on any atom is 0.258 e. The second-order valence-electron chi connectivity index (χ2n) is 7.60. The van der Waals surface area contributed by atoms with Crippen LogP contribution >= 0.6 is 11.3 Å². The number of thiophene rings is 1. The molecule has 2 unspecified atom stereocenters. The van der Waals surface area contributed by atoms with Crippen LogP contribution in [0, 0.1) is 0 Å². The number of ether oxygens (including phenoxy) is 1. The van der Waals surface area contributed by atoms with Gasteiger partial charge in [-0.15, -0.1) is 11.3 Å². The van der Waals surface area contributed by atoms with E-state index in [0.29, 0.717) is 28.5 Å². The van der Waals surface area contributed by atoms with E-state index in [2.05, 4.69) is 25.6 Å². The first-order valence-corrected chi connectivity index (χ1v) is 11.0. The molecule has 0 spiro atoms. The summed E-state index contributed by atoms with van der Waals surface area (Å²) in [6.07, 6.45) is 6.55. The van der Waals surface area contributed by atoms with Gasteiger partial charge >= 0.3 is 0 Å². The highest BCUT2D eigenvalue weighted by atomic mass is 32.1. The number of rotatable bonds is 5. The molecular weight excluding hydrogens is 412 g/mol. The molecule has 1 fully saturated rings. The Labute approximate surface area is 182 Å². The summed E-state index contributed by atoms with van der Waals surface area (Å²) in [4.78, 5) is 26.5. The van der Waals surface area contributed by atoms with Gasteiger partial charge in [-0.2, -0.15) is 0 Å². The standard InChI is InChI=1S/C22H22N6O2S/c1-30-18-9-16-12(4-3-7-24-16)8-17(18)26-21(29)13-11-31-19-10-25-22(28-20(13)19)27-15-6-2-5-14(15)23/h3-4,7-11,14-15H,2,5-6,23H2,1H3,(H,26,29)(H,25,27,28). The molecule has 0 bridgehead atoms. The molecule has 5 rings (SSSR count). The molecule has 1 amide bonds. The van der Waals surface area contributed by atoms with Crippen LogP contribution in [0.1, 0.15) is 29.6 Å². The average Bonchev–Trinajstić information content (AvgIpc) is 3.39. The van der Waals surface area contributed by atoms with Gasteiger partial charge in [0.15, 0.2) is 0 Å². The van der Waals surface area contributed by atoms with Crippen LogP contribution in [0.2, 0.25) is 0 Å². The van der Waals surface area contributed by atoms with Crippen LogP contribution in [-0.2, 0) is 0 Å². The molecule has 158 valence electrons. The number of amides is 1. The minimum atomic E-state index is -0.255. The van der Waals surface area contributed by atoms with E-state index in [-0.39, 0.29) is 18.0 Å². The summed E-state index contributed by atoms with van der Waals surface area (Å²) < 4.78 is 6.31. The molecule has 0 saturated heterocycles. The monoisotopic (exact) mass is 434 g/mol. The number of anilines is 2. The van der Waals surface area contributed by atoms with Crippen molar-refractivity contribution in [2.24, 2.45) is 5.73 Å². The molecular formula is C22H22N6O2S. The fourth-order valence-electron chi connectivity index (χ4n) is 3.95. The number of nitrogens with zero attached hydrogens (tertiary/aromatic N) is 3. The van der Waals surface area contributed by atoms with Crippen molar-refractivity contribution >= 4 is 50.0 Å². The van der Waals surface area contributed by atoms with Crippen molar-refractivity contribution in [3.05, 3.63) is 47.6 Å². The Morgan fingerprint density at radius 1 is 1.29 bits per heavy atom. The molecule has 8 nitrogen and oxygen atoms in total. The Hall–Kier alpha value is -3.30. The number of nitrogens with two attached hydrogens (primary N) is 1. The fourth-order valence-corrected chi connectivity index (χ4v) is 4.79. The summed E-state index contributed by atoms with van der Waals surface area (Å²) in [6.45, 7) is 0. The Balaban J connectivity index is 1.44. The van der Waals surface area contributed by atoms with Gasteiger partial charge in [-0.05, 0) is 31.4 Å². The first-order valence-electron chi connectivity index (χ1n) is 10.1. The van der Waals surface area contributed by atoms with Crippen LogP contribution in [0.5, 0.6) is 5.75 Å². The van der Waals surface area contributed by atoms with E-state index < -0.39 is 0 Å². The molecule has 1 aliphatic rings. The number of carbonyl (C=O) groups is 1. The number of pyridine rings is 1. The predicted octanol–water partition coefficient (Wildman–Crippen LogP) is 3.79. The topological polar surface area (TPSA) is 115 Å². The quantitative estimate of drug-likeness (QED) is 0.438. The Morgan fingerprint density at radius 2 is 2.19 bits per heavy atom. The zero-order chi connectivity index (χ0) is 21.4. The van der Waals surface area contributed by atoms with Gasteiger partial charge < -0.3 is 21.1 Å². The van der Waals surface area contributed by atoms with Crippen molar-refractivity contribution in [3.8, 4) is 5.75 Å². The molecule has 1 saturated carbocycles. The zero-order valence-electron chi connectivity index (χ0n) is 17.0. The van der Waals surface area contributed by atoms with Crippen LogP contribution in [0.3, 0.4) is 0 Å². The summed E-state index contributed by atoms with van der Waals surface area (Å²) in [7, 11) is 1.57. The highest BCUT2D eigenvalue weighted by Crippen LogP contribution is 2.31. The van der Waals surface area contributed by atoms with Gasteiger partial charge in [-0.3, -0.25) is 9.78 Å². The molecule has 9 heteroatoms. The van der Waals surface area contributed by atoms with Crippen molar-refractivity contribution < 1.29 is 9.53 Å². The fraction of sp³-hybridized carbons (Fsp3) is 0.273. The SMILES string of the molecule is COc1cc2ncccc2cc1NC(=O)c1csc2cnc(NC3CCCC3N)nc12. The lowest BCUT2D eigenvalue weighted by Crippen LogP contribution is -2.35. The minimum absolute atomic E-state index is 0.0967. The lowest BCUT2D eigenvalue weighted by Gasteiger charge is -2.17. The van der Waals surface area contributed by atoms with E-state index in [1.165, 1.54) is 11.3 Å². The molecule has 0 radical (unpaired) electrons. The number of aromatic nitrogens is 3. The third-order valence-electron chi connectivity index (χ3n) is 5.62. The summed E-state index contributed by atoms with van der Waals surface area (Å²) >= 11 is 1.44. The van der Waals surface area contributed by atoms with Gasteiger partial charge in [0.1, 0.15) is 5.75 Å². The third kappa shape index (κ3) is 3.77. The summed E-state index contributed by atoms with van der Waals surface area (Å²) in [5.41, 5.74) is 8.65. The predicted molar refractivity (Wildman–Crippen MR) is 123 cm³/mol. The van der Waals surface area contributed by atoms with Gasteiger partial charge in [0, 0.05) is 35.1 Å². The van der Waals surface area contributed by atoms with Crippen molar-refractivity contribution in [1.29, 1.82) is 0 Å². The minimum Gasteiger partial charge on any atom is -0.494 e. The average molecular weight is 435 g/mol. The van der Waals surface area contributed by atoms with E-state index in [1.807, 2.05) is 24.3 Å². The van der Waals surface area contributed by atoms with E-state index >= 15 is 0 Å². The second kappa shape index (κ2) is 8.09. The van der Waals surface area contributed by atoms with Crippen LogP contribution in [-0.4, -0.2) is 40.1 Å². The highest BCUT2D eigenvalue weighted by Gasteiger charge is 2.25. The Kier molecular flexibility index (Phi) is 5.13. The van der Waals surface area contributed by atoms with Gasteiger partial charge in [0.2, 0.25) is 5.95 Å². The number of nitrogens with one attached hydrogen (secondary N) is 2. The summed E-state index contributed by atoms with van der Waals surface area (Å²) in [5.74, 6) is 0.790. The number of fused-ring (bicyclic) bond motifs is 2. The molecule has 1 aliphatic carbocycles. The molecule has 0 aliphatic heterocycles. The van der Waals surface area contributed by atoms with E-state index in [9.17, 15) is 4.79 Å². The summed E-state index contributed by atoms with van der Waals surface area (Å²) in [5, 5.41) is 9.00. The van der Waals surface area contributed by atoms with Gasteiger partial charge in [-0.25, -0.2) is 9.97 Å². The number of carbonyl (C=O) groups excluding carboxylic acids is 1. The number of benzene rings is 1. The molecule has 2 atom stereocenters. The van der Waals surface area contributed by atoms with E-state index in [1.54, 1.807) is 24.9 Å². The molecule has 4 aromatic rings. The molecule has 3 aromatic heterocycles. The van der Waals surface area contributed by atoms with E-state index in [0.717, 1.165) is 34.9 Å². The largest absolute Gasteiger partial charge is 0.494 e. The van der Waals surface area contributed by atoms with Crippen LogP contribution in [0.25, 0.3) is 21.1 Å². The van der Waals surface area contributed by atoms with Gasteiger partial charge in [0.05, 0.1) is 40.3 Å². The Bertz CT molecular complexity index is 1270. The second-order valence-corrected chi connectivity index (χ2v) is 8.52. The lowest BCUT2D eigenvalue weighted by atomic mass is 10.1. The molecule has 3 heterocycles.